The van der Waals surface area contributed by atoms with E-state index in [0.29, 0.717) is 0 Å². The summed E-state index contributed by atoms with van der Waals surface area (Å²) in [7, 11) is 3.37. The van der Waals surface area contributed by atoms with Gasteiger partial charge in [-0.15, -0.1) is 11.3 Å². The normalized spacial score (nSPS) is 10.5. The van der Waals surface area contributed by atoms with Crippen molar-refractivity contribution in [2.75, 3.05) is 14.2 Å². The number of rotatable bonds is 4. The van der Waals surface area contributed by atoms with Crippen LogP contribution in [-0.4, -0.2) is 14.2 Å². The zero-order chi connectivity index (χ0) is 15.5. The number of hydrogen-bond donors (Lipinski definition) is 0. The molecule has 22 heavy (non-hydrogen) atoms. The van der Waals surface area contributed by atoms with E-state index in [1.54, 1.807) is 14.2 Å². The van der Waals surface area contributed by atoms with Crippen LogP contribution in [0.15, 0.2) is 54.6 Å². The molecule has 0 saturated heterocycles. The van der Waals surface area contributed by atoms with Gasteiger partial charge in [0.2, 0.25) is 0 Å². The predicted octanol–water partition coefficient (Wildman–Crippen LogP) is 5.41. The number of hydrogen-bond acceptors (Lipinski definition) is 3. The van der Waals surface area contributed by atoms with Crippen LogP contribution in [0.5, 0.6) is 11.5 Å². The predicted molar refractivity (Wildman–Crippen MR) is 93.0 cm³/mol. The van der Waals surface area contributed by atoms with Gasteiger partial charge in [0, 0.05) is 9.75 Å². The molecule has 3 rings (SSSR count). The molecule has 0 saturated carbocycles. The van der Waals surface area contributed by atoms with Crippen LogP contribution in [0.25, 0.3) is 20.9 Å². The van der Waals surface area contributed by atoms with Crippen molar-refractivity contribution in [2.45, 2.75) is 6.92 Å². The van der Waals surface area contributed by atoms with Crippen LogP contribution in [0.1, 0.15) is 5.56 Å². The van der Waals surface area contributed by atoms with E-state index < -0.39 is 0 Å². The third kappa shape index (κ3) is 2.85. The van der Waals surface area contributed by atoms with E-state index in [1.807, 2.05) is 35.6 Å². The van der Waals surface area contributed by atoms with E-state index in [1.165, 1.54) is 26.4 Å². The summed E-state index contributed by atoms with van der Waals surface area (Å²) in [6.07, 6.45) is 0. The lowest BCUT2D eigenvalue weighted by Crippen LogP contribution is -1.82. The maximum Gasteiger partial charge on any atom is 0.118 e. The van der Waals surface area contributed by atoms with Crippen LogP contribution in [0, 0.1) is 6.92 Å². The standard InChI is InChI=1S/C19H18O2S/c1-13-12-18(14-4-8-16(20-2)9-5-14)22-19(13)15-6-10-17(21-3)11-7-15/h4-12H,1-3H3. The molecule has 1 heterocycles. The van der Waals surface area contributed by atoms with Crippen molar-refractivity contribution in [3.8, 4) is 32.4 Å². The molecule has 0 aliphatic heterocycles. The summed E-state index contributed by atoms with van der Waals surface area (Å²) in [6, 6.07) is 18.7. The largest absolute Gasteiger partial charge is 0.497 e. The smallest absolute Gasteiger partial charge is 0.118 e. The minimum atomic E-state index is 0.882. The van der Waals surface area contributed by atoms with Crippen LogP contribution < -0.4 is 9.47 Å². The first-order chi connectivity index (χ1) is 10.7. The molecular weight excluding hydrogens is 292 g/mol. The molecule has 0 bridgehead atoms. The van der Waals surface area contributed by atoms with Crippen molar-refractivity contribution < 1.29 is 9.47 Å². The van der Waals surface area contributed by atoms with E-state index >= 15 is 0 Å². The van der Waals surface area contributed by atoms with Gasteiger partial charge >= 0.3 is 0 Å². The van der Waals surface area contributed by atoms with Crippen molar-refractivity contribution in [3.63, 3.8) is 0 Å². The van der Waals surface area contributed by atoms with Gasteiger partial charge < -0.3 is 9.47 Å². The zero-order valence-electron chi connectivity index (χ0n) is 12.9. The topological polar surface area (TPSA) is 18.5 Å². The highest BCUT2D eigenvalue weighted by atomic mass is 32.1. The molecule has 0 aliphatic carbocycles. The maximum atomic E-state index is 5.22. The lowest BCUT2D eigenvalue weighted by Gasteiger charge is -2.03. The molecule has 2 aromatic carbocycles. The molecule has 0 radical (unpaired) electrons. The minimum absolute atomic E-state index is 0.882. The van der Waals surface area contributed by atoms with E-state index in [2.05, 4.69) is 37.3 Å². The van der Waals surface area contributed by atoms with E-state index in [4.69, 9.17) is 9.47 Å². The summed E-state index contributed by atoms with van der Waals surface area (Å²) in [5.41, 5.74) is 3.73. The molecule has 1 aromatic heterocycles. The Hall–Kier alpha value is -2.26. The molecule has 0 amide bonds. The molecule has 2 nitrogen and oxygen atoms in total. The van der Waals surface area contributed by atoms with Crippen LogP contribution in [-0.2, 0) is 0 Å². The monoisotopic (exact) mass is 310 g/mol. The second-order valence-corrected chi connectivity index (χ2v) is 6.13. The summed E-state index contributed by atoms with van der Waals surface area (Å²) in [5, 5.41) is 0. The molecule has 3 heteroatoms. The third-order valence-electron chi connectivity index (χ3n) is 3.64. The second-order valence-electron chi connectivity index (χ2n) is 5.08. The number of ether oxygens (including phenoxy) is 2. The van der Waals surface area contributed by atoms with Crippen molar-refractivity contribution in [2.24, 2.45) is 0 Å². The molecule has 0 N–H and O–H groups in total. The second kappa shape index (κ2) is 6.24. The zero-order valence-corrected chi connectivity index (χ0v) is 13.7. The van der Waals surface area contributed by atoms with Gasteiger partial charge in [-0.25, -0.2) is 0 Å². The van der Waals surface area contributed by atoms with Crippen LogP contribution in [0.2, 0.25) is 0 Å². The third-order valence-corrected chi connectivity index (χ3v) is 4.98. The van der Waals surface area contributed by atoms with Crippen LogP contribution >= 0.6 is 11.3 Å². The Kier molecular flexibility index (Phi) is 4.16. The van der Waals surface area contributed by atoms with Gasteiger partial charge in [0.05, 0.1) is 14.2 Å². The van der Waals surface area contributed by atoms with Gasteiger partial charge in [0.25, 0.3) is 0 Å². The molecule has 0 unspecified atom stereocenters. The SMILES string of the molecule is COc1ccc(-c2cc(C)c(-c3ccc(OC)cc3)s2)cc1. The van der Waals surface area contributed by atoms with Gasteiger partial charge in [-0.1, -0.05) is 0 Å². The Morgan fingerprint density at radius 2 is 1.23 bits per heavy atom. The first kappa shape index (κ1) is 14.7. The van der Waals surface area contributed by atoms with Gasteiger partial charge in [-0.05, 0) is 78.2 Å². The number of aryl methyl sites for hydroxylation is 1. The summed E-state index contributed by atoms with van der Waals surface area (Å²) in [6.45, 7) is 2.16. The molecule has 0 fully saturated rings. The van der Waals surface area contributed by atoms with Crippen molar-refractivity contribution >= 4 is 11.3 Å². The lowest BCUT2D eigenvalue weighted by molar-refractivity contribution is 0.415. The quantitative estimate of drug-likeness (QED) is 0.641. The summed E-state index contributed by atoms with van der Waals surface area (Å²) in [4.78, 5) is 2.57. The Bertz CT molecular complexity index is 755. The first-order valence-electron chi connectivity index (χ1n) is 7.10. The van der Waals surface area contributed by atoms with Crippen LogP contribution in [0.3, 0.4) is 0 Å². The fourth-order valence-electron chi connectivity index (χ4n) is 2.41. The van der Waals surface area contributed by atoms with Gasteiger partial charge in [-0.2, -0.15) is 0 Å². The average Bonchev–Trinajstić information content (AvgIpc) is 2.97. The molecule has 3 aromatic rings. The molecule has 112 valence electrons. The number of methoxy groups -OCH3 is 2. The van der Waals surface area contributed by atoms with E-state index in [0.717, 1.165) is 11.5 Å². The Balaban J connectivity index is 1.95. The number of benzene rings is 2. The highest BCUT2D eigenvalue weighted by molar-refractivity contribution is 7.19. The fraction of sp³-hybridized carbons (Fsp3) is 0.158. The first-order valence-corrected chi connectivity index (χ1v) is 7.92. The number of thiophene rings is 1. The fourth-order valence-corrected chi connectivity index (χ4v) is 3.59. The highest BCUT2D eigenvalue weighted by Crippen LogP contribution is 2.38. The Morgan fingerprint density at radius 3 is 1.73 bits per heavy atom. The summed E-state index contributed by atoms with van der Waals surface area (Å²) >= 11 is 1.81. The maximum absolute atomic E-state index is 5.22. The van der Waals surface area contributed by atoms with E-state index in [9.17, 15) is 0 Å². The molecular formula is C19H18O2S. The van der Waals surface area contributed by atoms with Gasteiger partial charge in [-0.3, -0.25) is 0 Å². The van der Waals surface area contributed by atoms with E-state index in [-0.39, 0.29) is 0 Å². The molecule has 0 spiro atoms. The van der Waals surface area contributed by atoms with Crippen molar-refractivity contribution in [3.05, 3.63) is 60.2 Å². The Morgan fingerprint density at radius 1 is 0.727 bits per heavy atom. The van der Waals surface area contributed by atoms with Gasteiger partial charge in [0.15, 0.2) is 0 Å². The summed E-state index contributed by atoms with van der Waals surface area (Å²) in [5.74, 6) is 1.76. The van der Waals surface area contributed by atoms with Gasteiger partial charge in [0.1, 0.15) is 11.5 Å². The lowest BCUT2D eigenvalue weighted by atomic mass is 10.1. The highest BCUT2D eigenvalue weighted by Gasteiger charge is 2.10. The molecule has 0 aliphatic rings. The minimum Gasteiger partial charge on any atom is -0.497 e. The summed E-state index contributed by atoms with van der Waals surface area (Å²) < 4.78 is 10.4. The van der Waals surface area contributed by atoms with Crippen LogP contribution in [0.4, 0.5) is 0 Å². The Labute approximate surface area is 135 Å². The van der Waals surface area contributed by atoms with Crippen molar-refractivity contribution in [1.29, 1.82) is 0 Å². The molecule has 0 atom stereocenters. The van der Waals surface area contributed by atoms with Crippen molar-refractivity contribution in [1.82, 2.24) is 0 Å². The average molecular weight is 310 g/mol.